The molecule has 0 heterocycles. The van der Waals surface area contributed by atoms with E-state index in [-0.39, 0.29) is 11.5 Å². The van der Waals surface area contributed by atoms with Crippen molar-refractivity contribution in [1.29, 1.82) is 0 Å². The fraction of sp³-hybridized carbons (Fsp3) is 0.133. The first-order valence-corrected chi connectivity index (χ1v) is 5.86. The van der Waals surface area contributed by atoms with Crippen LogP contribution in [0.25, 0.3) is 16.8 Å². The molecule has 0 aromatic heterocycles. The summed E-state index contributed by atoms with van der Waals surface area (Å²) < 4.78 is 5.56. The second kappa shape index (κ2) is 3.88. The van der Waals surface area contributed by atoms with Gasteiger partial charge in [-0.25, -0.2) is 0 Å². The standard InChI is InChI=1S/C15H12O3/c1-2-18-13-8-4-9-3-6-11(16)15-12(17)7-5-10(13)14(9)15/h3-8,16H,2H2,1H3. The molecule has 0 bridgehead atoms. The van der Waals surface area contributed by atoms with Crippen LogP contribution in [0.3, 0.4) is 0 Å². The first-order chi connectivity index (χ1) is 8.72. The average Bonchev–Trinajstić information content (AvgIpc) is 2.37. The molecule has 0 radical (unpaired) electrons. The second-order valence-corrected chi connectivity index (χ2v) is 4.17. The van der Waals surface area contributed by atoms with Crippen LogP contribution < -0.4 is 4.74 Å². The lowest BCUT2D eigenvalue weighted by Crippen LogP contribution is -2.04. The summed E-state index contributed by atoms with van der Waals surface area (Å²) in [5, 5.41) is 11.6. The molecule has 0 unspecified atom stereocenters. The van der Waals surface area contributed by atoms with Gasteiger partial charge < -0.3 is 9.84 Å². The Morgan fingerprint density at radius 3 is 2.72 bits per heavy atom. The molecule has 0 atom stereocenters. The van der Waals surface area contributed by atoms with E-state index >= 15 is 0 Å². The Bertz CT molecular complexity index is 684. The first-order valence-electron chi connectivity index (χ1n) is 5.86. The maximum atomic E-state index is 11.9. The molecule has 3 nitrogen and oxygen atoms in total. The molecule has 0 spiro atoms. The number of aromatic hydroxyl groups is 1. The van der Waals surface area contributed by atoms with Crippen molar-refractivity contribution in [2.45, 2.75) is 6.92 Å². The number of carbonyl (C=O) groups is 1. The number of ketones is 1. The van der Waals surface area contributed by atoms with Gasteiger partial charge in [-0.3, -0.25) is 4.79 Å². The number of ether oxygens (including phenoxy) is 1. The van der Waals surface area contributed by atoms with Gasteiger partial charge in [0.2, 0.25) is 0 Å². The van der Waals surface area contributed by atoms with E-state index in [0.717, 1.165) is 22.1 Å². The van der Waals surface area contributed by atoms with Gasteiger partial charge in [0.15, 0.2) is 5.78 Å². The summed E-state index contributed by atoms with van der Waals surface area (Å²) in [7, 11) is 0. The quantitative estimate of drug-likeness (QED) is 0.877. The molecule has 3 heteroatoms. The molecule has 0 saturated carbocycles. The van der Waals surface area contributed by atoms with Crippen molar-refractivity contribution in [2.24, 2.45) is 0 Å². The summed E-state index contributed by atoms with van der Waals surface area (Å²) in [5.41, 5.74) is 1.23. The molecule has 3 rings (SSSR count). The van der Waals surface area contributed by atoms with E-state index in [0.29, 0.717) is 12.2 Å². The van der Waals surface area contributed by atoms with Crippen molar-refractivity contribution < 1.29 is 14.6 Å². The molecule has 0 amide bonds. The number of hydrogen-bond acceptors (Lipinski definition) is 3. The van der Waals surface area contributed by atoms with Crippen molar-refractivity contribution in [3.8, 4) is 11.5 Å². The predicted octanol–water partition coefficient (Wildman–Crippen LogP) is 3.15. The molecule has 1 aliphatic carbocycles. The monoisotopic (exact) mass is 240 g/mol. The highest BCUT2D eigenvalue weighted by molar-refractivity contribution is 6.22. The van der Waals surface area contributed by atoms with Gasteiger partial charge in [-0.15, -0.1) is 0 Å². The zero-order valence-electron chi connectivity index (χ0n) is 9.93. The summed E-state index contributed by atoms with van der Waals surface area (Å²) in [6, 6.07) is 7.15. The van der Waals surface area contributed by atoms with E-state index in [1.807, 2.05) is 19.1 Å². The Morgan fingerprint density at radius 1 is 1.17 bits per heavy atom. The van der Waals surface area contributed by atoms with E-state index in [9.17, 15) is 9.90 Å². The van der Waals surface area contributed by atoms with Gasteiger partial charge in [0.1, 0.15) is 11.5 Å². The minimum Gasteiger partial charge on any atom is -0.507 e. The molecule has 2 aromatic rings. The van der Waals surface area contributed by atoms with E-state index in [4.69, 9.17) is 4.74 Å². The number of phenolic OH excluding ortho intramolecular Hbond substituents is 1. The minimum atomic E-state index is -0.167. The van der Waals surface area contributed by atoms with Crippen LogP contribution in [0.4, 0.5) is 0 Å². The van der Waals surface area contributed by atoms with Crippen molar-refractivity contribution in [3.05, 3.63) is 41.5 Å². The lowest BCUT2D eigenvalue weighted by Gasteiger charge is -2.16. The number of phenols is 1. The number of hydrogen-bond donors (Lipinski definition) is 1. The normalized spacial score (nSPS) is 13.1. The summed E-state index contributed by atoms with van der Waals surface area (Å²) >= 11 is 0. The molecule has 0 saturated heterocycles. The largest absolute Gasteiger partial charge is 0.507 e. The van der Waals surface area contributed by atoms with Crippen LogP contribution in [0.2, 0.25) is 0 Å². The molecular formula is C15H12O3. The van der Waals surface area contributed by atoms with Crippen molar-refractivity contribution in [1.82, 2.24) is 0 Å². The van der Waals surface area contributed by atoms with Crippen molar-refractivity contribution in [2.75, 3.05) is 6.61 Å². The Hall–Kier alpha value is -2.29. The fourth-order valence-electron chi connectivity index (χ4n) is 2.35. The average molecular weight is 240 g/mol. The van der Waals surface area contributed by atoms with Gasteiger partial charge >= 0.3 is 0 Å². The predicted molar refractivity (Wildman–Crippen MR) is 70.1 cm³/mol. The summed E-state index contributed by atoms with van der Waals surface area (Å²) in [4.78, 5) is 11.9. The maximum Gasteiger partial charge on any atom is 0.190 e. The Balaban J connectivity index is 2.43. The smallest absolute Gasteiger partial charge is 0.190 e. The SMILES string of the molecule is CCOc1ccc2ccc(O)c3c2c1C=CC3=O. The van der Waals surface area contributed by atoms with E-state index in [2.05, 4.69) is 0 Å². The molecular weight excluding hydrogens is 228 g/mol. The number of carbonyl (C=O) groups excluding carboxylic acids is 1. The summed E-state index contributed by atoms with van der Waals surface area (Å²) in [5.74, 6) is 0.589. The van der Waals surface area contributed by atoms with E-state index in [1.54, 1.807) is 18.2 Å². The number of benzene rings is 2. The van der Waals surface area contributed by atoms with E-state index in [1.165, 1.54) is 6.08 Å². The van der Waals surface area contributed by atoms with Crippen LogP contribution in [-0.2, 0) is 0 Å². The topological polar surface area (TPSA) is 46.5 Å². The minimum absolute atomic E-state index is 0.0201. The van der Waals surface area contributed by atoms with Crippen LogP contribution >= 0.6 is 0 Å². The molecule has 2 aromatic carbocycles. The lowest BCUT2D eigenvalue weighted by atomic mass is 9.91. The van der Waals surface area contributed by atoms with Gasteiger partial charge in [-0.05, 0) is 36.6 Å². The van der Waals surface area contributed by atoms with Gasteiger partial charge in [0, 0.05) is 10.9 Å². The van der Waals surface area contributed by atoms with E-state index < -0.39 is 0 Å². The molecule has 1 aliphatic rings. The third kappa shape index (κ3) is 1.40. The van der Waals surface area contributed by atoms with Crippen LogP contribution in [0.5, 0.6) is 11.5 Å². The van der Waals surface area contributed by atoms with Gasteiger partial charge in [0.05, 0.1) is 12.2 Å². The van der Waals surface area contributed by atoms with Crippen LogP contribution in [-0.4, -0.2) is 17.5 Å². The molecule has 90 valence electrons. The third-order valence-corrected chi connectivity index (χ3v) is 3.11. The lowest BCUT2D eigenvalue weighted by molar-refractivity contribution is 0.104. The zero-order valence-corrected chi connectivity index (χ0v) is 9.93. The first kappa shape index (κ1) is 10.8. The highest BCUT2D eigenvalue weighted by atomic mass is 16.5. The Kier molecular flexibility index (Phi) is 2.33. The Morgan fingerprint density at radius 2 is 1.94 bits per heavy atom. The summed E-state index contributed by atoms with van der Waals surface area (Å²) in [6.07, 6.45) is 3.22. The van der Waals surface area contributed by atoms with Crippen LogP contribution in [0, 0.1) is 0 Å². The van der Waals surface area contributed by atoms with Gasteiger partial charge in [0.25, 0.3) is 0 Å². The fourth-order valence-corrected chi connectivity index (χ4v) is 2.35. The summed E-state index contributed by atoms with van der Waals surface area (Å²) in [6.45, 7) is 2.48. The second-order valence-electron chi connectivity index (χ2n) is 4.17. The number of rotatable bonds is 2. The van der Waals surface area contributed by atoms with Gasteiger partial charge in [-0.2, -0.15) is 0 Å². The zero-order chi connectivity index (χ0) is 12.7. The van der Waals surface area contributed by atoms with Crippen molar-refractivity contribution >= 4 is 22.6 Å². The molecule has 0 fully saturated rings. The van der Waals surface area contributed by atoms with Crippen LogP contribution in [0.15, 0.2) is 30.3 Å². The van der Waals surface area contributed by atoms with Crippen molar-refractivity contribution in [3.63, 3.8) is 0 Å². The highest BCUT2D eigenvalue weighted by Crippen LogP contribution is 2.38. The Labute approximate surface area is 104 Å². The molecule has 0 aliphatic heterocycles. The maximum absolute atomic E-state index is 11.9. The van der Waals surface area contributed by atoms with Crippen LogP contribution in [0.1, 0.15) is 22.8 Å². The number of allylic oxidation sites excluding steroid dienone is 1. The molecule has 18 heavy (non-hydrogen) atoms. The van der Waals surface area contributed by atoms with Gasteiger partial charge in [-0.1, -0.05) is 12.1 Å². The highest BCUT2D eigenvalue weighted by Gasteiger charge is 2.21. The third-order valence-electron chi connectivity index (χ3n) is 3.11. The molecule has 1 N–H and O–H groups in total.